The first-order valence-corrected chi connectivity index (χ1v) is 8.13. The number of nitrogens with two attached hydrogens (primary N) is 1. The number of halogens is 1. The van der Waals surface area contributed by atoms with Gasteiger partial charge in [0.25, 0.3) is 0 Å². The van der Waals surface area contributed by atoms with E-state index in [4.69, 9.17) is 10.5 Å². The summed E-state index contributed by atoms with van der Waals surface area (Å²) < 4.78 is 5.41. The molecule has 0 aliphatic rings. The highest BCUT2D eigenvalue weighted by molar-refractivity contribution is 5.85. The van der Waals surface area contributed by atoms with Gasteiger partial charge in [-0.3, -0.25) is 4.79 Å². The van der Waals surface area contributed by atoms with Crippen LogP contribution in [0.5, 0.6) is 5.75 Å². The number of amides is 1. The topological polar surface area (TPSA) is 64.3 Å². The van der Waals surface area contributed by atoms with Gasteiger partial charge < -0.3 is 15.8 Å². The van der Waals surface area contributed by atoms with Crippen LogP contribution in [0.15, 0.2) is 54.6 Å². The number of ether oxygens (including phenoxy) is 1. The Bertz CT molecular complexity index is 689. The van der Waals surface area contributed by atoms with E-state index in [1.165, 1.54) is 0 Å². The van der Waals surface area contributed by atoms with Crippen LogP contribution in [0.25, 0.3) is 0 Å². The quantitative estimate of drug-likeness (QED) is 0.821. The summed E-state index contributed by atoms with van der Waals surface area (Å²) in [5, 5.41) is 3.10. The largest absolute Gasteiger partial charge is 0.496 e. The van der Waals surface area contributed by atoms with E-state index in [9.17, 15) is 4.79 Å². The minimum atomic E-state index is -0.561. The molecule has 0 fully saturated rings. The van der Waals surface area contributed by atoms with Gasteiger partial charge in [0.15, 0.2) is 0 Å². The molecule has 3 N–H and O–H groups in total. The molecule has 4 nitrogen and oxygen atoms in total. The Morgan fingerprint density at radius 1 is 1.08 bits per heavy atom. The lowest BCUT2D eigenvalue weighted by Crippen LogP contribution is -2.45. The maximum Gasteiger partial charge on any atom is 0.225 e. The van der Waals surface area contributed by atoms with Crippen LogP contribution in [0.2, 0.25) is 0 Å². The molecule has 25 heavy (non-hydrogen) atoms. The Balaban J connectivity index is 0.00000312. The molecule has 0 radical (unpaired) electrons. The van der Waals surface area contributed by atoms with Crippen LogP contribution in [0.1, 0.15) is 37.9 Å². The summed E-state index contributed by atoms with van der Waals surface area (Å²) >= 11 is 0. The Labute approximate surface area is 156 Å². The van der Waals surface area contributed by atoms with Crippen molar-refractivity contribution in [3.63, 3.8) is 0 Å². The molecule has 0 heterocycles. The summed E-state index contributed by atoms with van der Waals surface area (Å²) in [6, 6.07) is 17.0. The van der Waals surface area contributed by atoms with E-state index in [0.717, 1.165) is 16.9 Å². The van der Waals surface area contributed by atoms with Crippen LogP contribution < -0.4 is 15.8 Å². The Hall–Kier alpha value is -2.04. The molecule has 2 aromatic carbocycles. The van der Waals surface area contributed by atoms with Crippen molar-refractivity contribution in [3.8, 4) is 5.75 Å². The summed E-state index contributed by atoms with van der Waals surface area (Å²) in [5.74, 6) is 0.325. The fraction of sp³-hybridized carbons (Fsp3) is 0.350. The zero-order chi connectivity index (χ0) is 17.7. The number of hydrogen-bond donors (Lipinski definition) is 2. The van der Waals surface area contributed by atoms with Crippen LogP contribution in [-0.4, -0.2) is 13.0 Å². The number of para-hydroxylation sites is 1. The van der Waals surface area contributed by atoms with E-state index >= 15 is 0 Å². The van der Waals surface area contributed by atoms with Crippen molar-refractivity contribution in [2.75, 3.05) is 7.11 Å². The van der Waals surface area contributed by atoms with Crippen molar-refractivity contribution < 1.29 is 9.53 Å². The van der Waals surface area contributed by atoms with E-state index in [1.54, 1.807) is 7.11 Å². The molecule has 0 bridgehead atoms. The third kappa shape index (κ3) is 4.97. The van der Waals surface area contributed by atoms with Crippen LogP contribution in [0.3, 0.4) is 0 Å². The van der Waals surface area contributed by atoms with Gasteiger partial charge in [-0.1, -0.05) is 55.5 Å². The van der Waals surface area contributed by atoms with Crippen molar-refractivity contribution in [1.82, 2.24) is 5.32 Å². The number of hydrogen-bond acceptors (Lipinski definition) is 3. The Morgan fingerprint density at radius 2 is 1.64 bits per heavy atom. The molecule has 0 aliphatic heterocycles. The lowest BCUT2D eigenvalue weighted by molar-refractivity contribution is -0.126. The first-order valence-electron chi connectivity index (χ1n) is 8.13. The molecule has 1 amide bonds. The lowest BCUT2D eigenvalue weighted by atomic mass is 9.90. The Kier molecular flexibility index (Phi) is 7.46. The third-order valence-electron chi connectivity index (χ3n) is 4.35. The van der Waals surface area contributed by atoms with E-state index in [1.807, 2.05) is 75.4 Å². The number of rotatable bonds is 6. The second-order valence-electron chi connectivity index (χ2n) is 6.54. The lowest BCUT2D eigenvalue weighted by Gasteiger charge is -2.31. The average molecular weight is 363 g/mol. The number of carbonyl (C=O) groups excluding carboxylic acids is 1. The van der Waals surface area contributed by atoms with E-state index in [0.29, 0.717) is 0 Å². The van der Waals surface area contributed by atoms with E-state index < -0.39 is 5.54 Å². The predicted octanol–water partition coefficient (Wildman–Crippen LogP) is 3.80. The normalized spacial score (nSPS) is 13.3. The van der Waals surface area contributed by atoms with Gasteiger partial charge in [0.1, 0.15) is 5.75 Å². The molecule has 2 atom stereocenters. The molecule has 2 aromatic rings. The molecular weight excluding hydrogens is 336 g/mol. The molecule has 0 spiro atoms. The van der Waals surface area contributed by atoms with Crippen LogP contribution in [0.4, 0.5) is 0 Å². The van der Waals surface area contributed by atoms with Crippen LogP contribution in [0, 0.1) is 5.92 Å². The zero-order valence-electron chi connectivity index (χ0n) is 15.2. The summed E-state index contributed by atoms with van der Waals surface area (Å²) in [4.78, 5) is 12.7. The summed E-state index contributed by atoms with van der Waals surface area (Å²) in [6.45, 7) is 5.78. The molecule has 0 saturated heterocycles. The smallest absolute Gasteiger partial charge is 0.225 e. The molecule has 2 unspecified atom stereocenters. The van der Waals surface area contributed by atoms with Gasteiger partial charge in [-0.05, 0) is 25.5 Å². The second kappa shape index (κ2) is 8.88. The third-order valence-corrected chi connectivity index (χ3v) is 4.35. The maximum absolute atomic E-state index is 12.7. The molecule has 0 saturated carbocycles. The van der Waals surface area contributed by atoms with Crippen molar-refractivity contribution in [1.29, 1.82) is 0 Å². The van der Waals surface area contributed by atoms with Crippen LogP contribution >= 0.6 is 12.4 Å². The summed E-state index contributed by atoms with van der Waals surface area (Å²) in [5.41, 5.74) is 7.59. The Morgan fingerprint density at radius 3 is 2.24 bits per heavy atom. The summed E-state index contributed by atoms with van der Waals surface area (Å²) in [6.07, 6.45) is 0. The number of carbonyl (C=O) groups is 1. The van der Waals surface area contributed by atoms with Crippen molar-refractivity contribution in [2.24, 2.45) is 11.7 Å². The highest BCUT2D eigenvalue weighted by atomic mass is 35.5. The number of benzene rings is 2. The van der Waals surface area contributed by atoms with Gasteiger partial charge in [0.2, 0.25) is 5.91 Å². The van der Waals surface area contributed by atoms with Crippen LogP contribution in [-0.2, 0) is 10.3 Å². The molecule has 136 valence electrons. The molecule has 0 aromatic heterocycles. The molecule has 2 rings (SSSR count). The minimum Gasteiger partial charge on any atom is -0.496 e. The maximum atomic E-state index is 12.7. The van der Waals surface area contributed by atoms with E-state index in [2.05, 4.69) is 5.32 Å². The van der Waals surface area contributed by atoms with Crippen molar-refractivity contribution >= 4 is 18.3 Å². The van der Waals surface area contributed by atoms with Gasteiger partial charge >= 0.3 is 0 Å². The van der Waals surface area contributed by atoms with Gasteiger partial charge in [-0.25, -0.2) is 0 Å². The summed E-state index contributed by atoms with van der Waals surface area (Å²) in [7, 11) is 1.63. The SMILES string of the molecule is COc1ccccc1C(C)(C)NC(=O)C(C)C(N)c1ccccc1.Cl. The van der Waals surface area contributed by atoms with Crippen molar-refractivity contribution in [2.45, 2.75) is 32.4 Å². The van der Waals surface area contributed by atoms with Gasteiger partial charge in [-0.2, -0.15) is 0 Å². The first kappa shape index (κ1) is 21.0. The molecular formula is C20H27ClN2O2. The van der Waals surface area contributed by atoms with Gasteiger partial charge in [-0.15, -0.1) is 12.4 Å². The highest BCUT2D eigenvalue weighted by Gasteiger charge is 2.30. The predicted molar refractivity (Wildman–Crippen MR) is 104 cm³/mol. The zero-order valence-corrected chi connectivity index (χ0v) is 16.0. The van der Waals surface area contributed by atoms with Gasteiger partial charge in [0.05, 0.1) is 18.6 Å². The van der Waals surface area contributed by atoms with Crippen molar-refractivity contribution in [3.05, 3.63) is 65.7 Å². The average Bonchev–Trinajstić information content (AvgIpc) is 2.60. The standard InChI is InChI=1S/C20H26N2O2.ClH/c1-14(18(21)15-10-6-5-7-11-15)19(23)22-20(2,3)16-12-8-9-13-17(16)24-4;/h5-14,18H,21H2,1-4H3,(H,22,23);1H. The van der Waals surface area contributed by atoms with E-state index in [-0.39, 0.29) is 30.3 Å². The fourth-order valence-electron chi connectivity index (χ4n) is 2.78. The molecule has 5 heteroatoms. The minimum absolute atomic E-state index is 0. The monoisotopic (exact) mass is 362 g/mol. The van der Waals surface area contributed by atoms with Gasteiger partial charge in [0, 0.05) is 11.6 Å². The number of methoxy groups -OCH3 is 1. The fourth-order valence-corrected chi connectivity index (χ4v) is 2.78. The molecule has 0 aliphatic carbocycles. The number of nitrogens with one attached hydrogen (secondary N) is 1. The first-order chi connectivity index (χ1) is 11.4. The highest BCUT2D eigenvalue weighted by Crippen LogP contribution is 2.30. The second-order valence-corrected chi connectivity index (χ2v) is 6.54.